The average molecular weight is 495 g/mol. The molecule has 182 valence electrons. The molecule has 1 N–H and O–H groups in total. The zero-order valence-electron chi connectivity index (χ0n) is 19.5. The van der Waals surface area contributed by atoms with Gasteiger partial charge in [-0.05, 0) is 55.7 Å². The Labute approximate surface area is 207 Å². The van der Waals surface area contributed by atoms with E-state index >= 15 is 0 Å². The van der Waals surface area contributed by atoms with Crippen LogP contribution in [0.1, 0.15) is 39.7 Å². The fourth-order valence-corrected chi connectivity index (χ4v) is 5.78. The Morgan fingerprint density at radius 3 is 2.54 bits per heavy atom. The summed E-state index contributed by atoms with van der Waals surface area (Å²) in [7, 11) is 1.58. The van der Waals surface area contributed by atoms with Gasteiger partial charge in [0.25, 0.3) is 5.91 Å². The number of nitrogens with one attached hydrogen (secondary N) is 1. The summed E-state index contributed by atoms with van der Waals surface area (Å²) in [4.78, 5) is 35.7. The Kier molecular flexibility index (Phi) is 6.68. The van der Waals surface area contributed by atoms with Crippen molar-refractivity contribution in [1.82, 2.24) is 9.88 Å². The second-order valence-corrected chi connectivity index (χ2v) is 9.80. The van der Waals surface area contributed by atoms with Crippen LogP contribution in [-0.2, 0) is 11.2 Å². The molecular weight excluding hydrogens is 467 g/mol. The third-order valence-corrected chi connectivity index (χ3v) is 7.66. The molecule has 2 heterocycles. The van der Waals surface area contributed by atoms with E-state index in [1.54, 1.807) is 43.5 Å². The summed E-state index contributed by atoms with van der Waals surface area (Å²) in [6.45, 7) is 2.27. The van der Waals surface area contributed by atoms with E-state index in [0.717, 1.165) is 29.8 Å². The van der Waals surface area contributed by atoms with Crippen LogP contribution in [0.15, 0.2) is 48.5 Å². The van der Waals surface area contributed by atoms with Gasteiger partial charge in [0.1, 0.15) is 11.6 Å². The predicted octanol–water partition coefficient (Wildman–Crippen LogP) is 4.31. The minimum atomic E-state index is -0.304. The molecular formula is C26H27FN4O3S. The number of rotatable bonds is 5. The van der Waals surface area contributed by atoms with E-state index < -0.39 is 0 Å². The summed E-state index contributed by atoms with van der Waals surface area (Å²) in [6, 6.07) is 13.6. The second kappa shape index (κ2) is 10.0. The average Bonchev–Trinajstić information content (AvgIpc) is 3.31. The van der Waals surface area contributed by atoms with Crippen molar-refractivity contribution in [2.45, 2.75) is 25.2 Å². The van der Waals surface area contributed by atoms with Crippen LogP contribution in [-0.4, -0.2) is 55.0 Å². The molecule has 0 bridgehead atoms. The lowest BCUT2D eigenvalue weighted by Crippen LogP contribution is -2.50. The summed E-state index contributed by atoms with van der Waals surface area (Å²) in [5, 5.41) is 3.40. The van der Waals surface area contributed by atoms with Gasteiger partial charge in [-0.15, -0.1) is 11.3 Å². The van der Waals surface area contributed by atoms with Crippen molar-refractivity contribution in [1.29, 1.82) is 0 Å². The van der Waals surface area contributed by atoms with Crippen molar-refractivity contribution in [3.63, 3.8) is 0 Å². The number of thiazole rings is 1. The van der Waals surface area contributed by atoms with Gasteiger partial charge in [-0.1, -0.05) is 12.1 Å². The number of carbonyl (C=O) groups is 2. The van der Waals surface area contributed by atoms with Crippen LogP contribution < -0.4 is 15.0 Å². The van der Waals surface area contributed by atoms with E-state index in [4.69, 9.17) is 4.74 Å². The number of carbonyl (C=O) groups excluding carboxylic acids is 2. The molecule has 1 fully saturated rings. The molecule has 35 heavy (non-hydrogen) atoms. The van der Waals surface area contributed by atoms with Gasteiger partial charge >= 0.3 is 0 Å². The lowest BCUT2D eigenvalue weighted by Gasteiger charge is -2.38. The first-order chi connectivity index (χ1) is 17.0. The SMILES string of the molecule is COc1ccc(C(=O)Nc2nc3c(s2)CCCC3C(=O)N2CCN(c3ccccc3F)CC2)cc1. The molecule has 1 aliphatic carbocycles. The fourth-order valence-electron chi connectivity index (χ4n) is 4.72. The standard InChI is InChI=1S/C26H27FN4O3S/c1-34-18-11-9-17(10-12-18)24(32)29-26-28-23-19(5-4-8-22(23)35-26)25(33)31-15-13-30(14-16-31)21-7-3-2-6-20(21)27/h2-3,6-7,9-12,19H,4-5,8,13-16H2,1H3,(H,28,29,32). The Morgan fingerprint density at radius 1 is 1.09 bits per heavy atom. The molecule has 0 spiro atoms. The molecule has 7 nitrogen and oxygen atoms in total. The zero-order chi connectivity index (χ0) is 24.4. The summed E-state index contributed by atoms with van der Waals surface area (Å²) in [5.74, 6) is -0.0387. The van der Waals surface area contributed by atoms with Gasteiger partial charge in [0.05, 0.1) is 24.4 Å². The maximum absolute atomic E-state index is 14.2. The van der Waals surface area contributed by atoms with Crippen LogP contribution >= 0.6 is 11.3 Å². The monoisotopic (exact) mass is 494 g/mol. The van der Waals surface area contributed by atoms with E-state index in [0.29, 0.717) is 48.3 Å². The van der Waals surface area contributed by atoms with Crippen molar-refractivity contribution in [3.05, 3.63) is 70.5 Å². The van der Waals surface area contributed by atoms with Crippen molar-refractivity contribution >= 4 is 34.0 Å². The number of piperazine rings is 1. The topological polar surface area (TPSA) is 74.8 Å². The number of hydrogen-bond acceptors (Lipinski definition) is 6. The molecule has 1 atom stereocenters. The highest BCUT2D eigenvalue weighted by Crippen LogP contribution is 2.38. The minimum Gasteiger partial charge on any atom is -0.497 e. The Bertz CT molecular complexity index is 1220. The highest BCUT2D eigenvalue weighted by molar-refractivity contribution is 7.16. The van der Waals surface area contributed by atoms with Crippen molar-refractivity contribution in [2.24, 2.45) is 0 Å². The van der Waals surface area contributed by atoms with Crippen molar-refractivity contribution in [2.75, 3.05) is 43.5 Å². The van der Waals surface area contributed by atoms with E-state index in [2.05, 4.69) is 10.3 Å². The van der Waals surface area contributed by atoms with E-state index in [1.807, 2.05) is 15.9 Å². The van der Waals surface area contributed by atoms with Crippen LogP contribution in [0.25, 0.3) is 0 Å². The van der Waals surface area contributed by atoms with Gasteiger partial charge in [-0.3, -0.25) is 14.9 Å². The number of para-hydroxylation sites is 1. The molecule has 1 saturated heterocycles. The van der Waals surface area contributed by atoms with Crippen LogP contribution in [0.3, 0.4) is 0 Å². The first-order valence-corrected chi connectivity index (χ1v) is 12.6. The summed E-state index contributed by atoms with van der Waals surface area (Å²) in [5.41, 5.74) is 1.88. The Hall–Kier alpha value is -3.46. The summed E-state index contributed by atoms with van der Waals surface area (Å²) >= 11 is 1.44. The minimum absolute atomic E-state index is 0.0671. The molecule has 5 rings (SSSR count). The number of anilines is 2. The Balaban J connectivity index is 1.25. The van der Waals surface area contributed by atoms with E-state index in [1.165, 1.54) is 17.4 Å². The maximum Gasteiger partial charge on any atom is 0.257 e. The van der Waals surface area contributed by atoms with Gasteiger partial charge in [-0.25, -0.2) is 9.37 Å². The number of amides is 2. The Morgan fingerprint density at radius 2 is 1.83 bits per heavy atom. The first-order valence-electron chi connectivity index (χ1n) is 11.8. The van der Waals surface area contributed by atoms with Crippen LogP contribution in [0.4, 0.5) is 15.2 Å². The summed E-state index contributed by atoms with van der Waals surface area (Å²) in [6.07, 6.45) is 2.51. The molecule has 2 aromatic carbocycles. The highest BCUT2D eigenvalue weighted by atomic mass is 32.1. The highest BCUT2D eigenvalue weighted by Gasteiger charge is 2.34. The summed E-state index contributed by atoms with van der Waals surface area (Å²) < 4.78 is 19.3. The number of methoxy groups -OCH3 is 1. The van der Waals surface area contributed by atoms with Gasteiger partial charge in [0.2, 0.25) is 5.91 Å². The molecule has 1 unspecified atom stereocenters. The van der Waals surface area contributed by atoms with Gasteiger partial charge in [0, 0.05) is 36.6 Å². The number of hydrogen-bond donors (Lipinski definition) is 1. The number of aromatic nitrogens is 1. The quantitative estimate of drug-likeness (QED) is 0.572. The van der Waals surface area contributed by atoms with E-state index in [-0.39, 0.29) is 23.5 Å². The zero-order valence-corrected chi connectivity index (χ0v) is 20.3. The second-order valence-electron chi connectivity index (χ2n) is 8.72. The molecule has 0 radical (unpaired) electrons. The molecule has 1 aromatic heterocycles. The predicted molar refractivity (Wildman–Crippen MR) is 134 cm³/mol. The molecule has 0 saturated carbocycles. The van der Waals surface area contributed by atoms with Crippen LogP contribution in [0.5, 0.6) is 5.75 Å². The van der Waals surface area contributed by atoms with Crippen LogP contribution in [0.2, 0.25) is 0 Å². The molecule has 2 aliphatic rings. The largest absolute Gasteiger partial charge is 0.497 e. The van der Waals surface area contributed by atoms with Crippen LogP contribution in [0, 0.1) is 5.82 Å². The first kappa shape index (κ1) is 23.3. The third-order valence-electron chi connectivity index (χ3n) is 6.61. The van der Waals surface area contributed by atoms with Gasteiger partial charge < -0.3 is 14.5 Å². The lowest BCUT2D eigenvalue weighted by molar-refractivity contribution is -0.133. The number of benzene rings is 2. The number of halogens is 1. The number of fused-ring (bicyclic) bond motifs is 1. The third kappa shape index (κ3) is 4.86. The van der Waals surface area contributed by atoms with E-state index in [9.17, 15) is 14.0 Å². The smallest absolute Gasteiger partial charge is 0.257 e. The number of aryl methyl sites for hydroxylation is 1. The normalized spacial score (nSPS) is 17.6. The van der Waals surface area contributed by atoms with Gasteiger partial charge in [0.15, 0.2) is 5.13 Å². The number of ether oxygens (including phenoxy) is 1. The molecule has 9 heteroatoms. The number of nitrogens with zero attached hydrogens (tertiary/aromatic N) is 3. The lowest BCUT2D eigenvalue weighted by atomic mass is 9.89. The van der Waals surface area contributed by atoms with Gasteiger partial charge in [-0.2, -0.15) is 0 Å². The molecule has 3 aromatic rings. The molecule has 1 aliphatic heterocycles. The maximum atomic E-state index is 14.2. The van der Waals surface area contributed by atoms with Crippen molar-refractivity contribution in [3.8, 4) is 5.75 Å². The fraction of sp³-hybridized carbons (Fsp3) is 0.346. The van der Waals surface area contributed by atoms with Crippen molar-refractivity contribution < 1.29 is 18.7 Å². The molecule has 2 amide bonds.